The van der Waals surface area contributed by atoms with Crippen LogP contribution >= 0.6 is 11.6 Å². The molecule has 1 amide bonds. The Labute approximate surface area is 109 Å². The molecular formula is C12H13ClN2O3. The molecule has 0 unspecified atom stereocenters. The molecule has 0 spiro atoms. The summed E-state index contributed by atoms with van der Waals surface area (Å²) in [5, 5.41) is 10.9. The van der Waals surface area contributed by atoms with Crippen LogP contribution in [0.15, 0.2) is 18.2 Å². The second-order valence-electron chi connectivity index (χ2n) is 4.32. The largest absolute Gasteiger partial charge is 0.338 e. The van der Waals surface area contributed by atoms with Crippen LogP contribution < -0.4 is 0 Å². The molecule has 0 N–H and O–H groups in total. The number of benzene rings is 1. The summed E-state index contributed by atoms with van der Waals surface area (Å²) in [6, 6.07) is 4.66. The average molecular weight is 269 g/mol. The van der Waals surface area contributed by atoms with Gasteiger partial charge in [0.05, 0.1) is 4.92 Å². The minimum atomic E-state index is -0.510. The first-order chi connectivity index (χ1) is 8.58. The zero-order valence-electron chi connectivity index (χ0n) is 9.76. The van der Waals surface area contributed by atoms with Crippen molar-refractivity contribution < 1.29 is 9.72 Å². The average Bonchev–Trinajstić information content (AvgIpc) is 2.34. The van der Waals surface area contributed by atoms with Gasteiger partial charge in [-0.25, -0.2) is 0 Å². The molecule has 1 saturated heterocycles. The molecule has 0 saturated carbocycles. The highest BCUT2D eigenvalue weighted by atomic mass is 35.5. The zero-order chi connectivity index (χ0) is 13.1. The third-order valence-corrected chi connectivity index (χ3v) is 3.32. The smallest absolute Gasteiger partial charge is 0.288 e. The van der Waals surface area contributed by atoms with Crippen LogP contribution in [-0.4, -0.2) is 22.3 Å². The van der Waals surface area contributed by atoms with Gasteiger partial charge in [-0.1, -0.05) is 17.7 Å². The lowest BCUT2D eigenvalue weighted by atomic mass is 10.1. The van der Waals surface area contributed by atoms with Crippen LogP contribution in [0.2, 0.25) is 5.02 Å². The Morgan fingerprint density at radius 2 is 2.17 bits per heavy atom. The molecule has 1 fully saturated rings. The van der Waals surface area contributed by atoms with Gasteiger partial charge in [0.1, 0.15) is 5.02 Å². The molecule has 1 aromatic carbocycles. The summed E-state index contributed by atoms with van der Waals surface area (Å²) in [5.74, 6) is 0.110. The van der Waals surface area contributed by atoms with Crippen LogP contribution in [0.3, 0.4) is 0 Å². The maximum absolute atomic E-state index is 11.7. The van der Waals surface area contributed by atoms with Crippen molar-refractivity contribution in [3.05, 3.63) is 38.9 Å². The van der Waals surface area contributed by atoms with Crippen molar-refractivity contribution in [3.8, 4) is 0 Å². The lowest BCUT2D eigenvalue weighted by Gasteiger charge is -2.26. The van der Waals surface area contributed by atoms with Crippen LogP contribution in [0.4, 0.5) is 5.69 Å². The summed E-state index contributed by atoms with van der Waals surface area (Å²) < 4.78 is 0. The van der Waals surface area contributed by atoms with Crippen LogP contribution in [0.1, 0.15) is 24.8 Å². The van der Waals surface area contributed by atoms with Crippen molar-refractivity contribution in [1.29, 1.82) is 0 Å². The number of nitro benzene ring substituents is 1. The van der Waals surface area contributed by atoms with Crippen molar-refractivity contribution in [1.82, 2.24) is 4.90 Å². The van der Waals surface area contributed by atoms with Crippen LogP contribution in [0, 0.1) is 10.1 Å². The molecule has 0 radical (unpaired) electrons. The predicted octanol–water partition coefficient (Wildman–Crippen LogP) is 2.76. The lowest BCUT2D eigenvalue weighted by Crippen LogP contribution is -2.34. The summed E-state index contributed by atoms with van der Waals surface area (Å²) in [6.45, 7) is 1.13. The molecule has 0 bridgehead atoms. The highest BCUT2D eigenvalue weighted by Crippen LogP contribution is 2.26. The number of carbonyl (C=O) groups excluding carboxylic acids is 1. The van der Waals surface area contributed by atoms with Crippen LogP contribution in [0.25, 0.3) is 0 Å². The normalized spacial score (nSPS) is 15.8. The van der Waals surface area contributed by atoms with E-state index < -0.39 is 4.92 Å². The van der Waals surface area contributed by atoms with E-state index in [1.165, 1.54) is 12.1 Å². The maximum Gasteiger partial charge on any atom is 0.288 e. The predicted molar refractivity (Wildman–Crippen MR) is 67.4 cm³/mol. The van der Waals surface area contributed by atoms with Gasteiger partial charge in [0.15, 0.2) is 0 Å². The number of carbonyl (C=O) groups is 1. The molecular weight excluding hydrogens is 256 g/mol. The molecule has 1 heterocycles. The van der Waals surface area contributed by atoms with E-state index in [1.807, 2.05) is 0 Å². The Balaban J connectivity index is 2.16. The van der Waals surface area contributed by atoms with E-state index in [4.69, 9.17) is 11.6 Å². The van der Waals surface area contributed by atoms with Crippen molar-refractivity contribution in [2.24, 2.45) is 0 Å². The van der Waals surface area contributed by atoms with Gasteiger partial charge in [0.2, 0.25) is 5.91 Å². The fourth-order valence-electron chi connectivity index (χ4n) is 2.05. The molecule has 6 heteroatoms. The summed E-state index contributed by atoms with van der Waals surface area (Å²) in [4.78, 5) is 23.6. The van der Waals surface area contributed by atoms with E-state index in [0.29, 0.717) is 13.0 Å². The molecule has 0 aliphatic carbocycles. The number of hydrogen-bond acceptors (Lipinski definition) is 3. The SMILES string of the molecule is O=C1CCCCN1Cc1ccc(Cl)c([N+](=O)[O-])c1. The van der Waals surface area contributed by atoms with Gasteiger partial charge in [-0.3, -0.25) is 14.9 Å². The summed E-state index contributed by atoms with van der Waals surface area (Å²) in [5.41, 5.74) is 0.625. The Bertz CT molecular complexity index is 490. The van der Waals surface area contributed by atoms with E-state index in [2.05, 4.69) is 0 Å². The molecule has 5 nitrogen and oxygen atoms in total. The molecule has 0 atom stereocenters. The molecule has 96 valence electrons. The second-order valence-corrected chi connectivity index (χ2v) is 4.72. The Morgan fingerprint density at radius 3 is 2.83 bits per heavy atom. The molecule has 1 aliphatic rings. The Kier molecular flexibility index (Phi) is 3.81. The summed E-state index contributed by atoms with van der Waals surface area (Å²) in [7, 11) is 0. The first-order valence-electron chi connectivity index (χ1n) is 5.78. The Hall–Kier alpha value is -1.62. The first-order valence-corrected chi connectivity index (χ1v) is 6.16. The summed E-state index contributed by atoms with van der Waals surface area (Å²) in [6.07, 6.45) is 2.48. The number of nitrogens with zero attached hydrogens (tertiary/aromatic N) is 2. The van der Waals surface area contributed by atoms with Crippen molar-refractivity contribution in [2.75, 3.05) is 6.54 Å². The maximum atomic E-state index is 11.7. The molecule has 1 aliphatic heterocycles. The lowest BCUT2D eigenvalue weighted by molar-refractivity contribution is -0.384. The number of rotatable bonds is 3. The van der Waals surface area contributed by atoms with E-state index in [1.54, 1.807) is 11.0 Å². The number of amides is 1. The van der Waals surface area contributed by atoms with E-state index in [0.717, 1.165) is 24.9 Å². The topological polar surface area (TPSA) is 63.5 Å². The highest BCUT2D eigenvalue weighted by molar-refractivity contribution is 6.32. The third-order valence-electron chi connectivity index (χ3n) is 3.00. The van der Waals surface area contributed by atoms with Gasteiger partial charge in [-0.2, -0.15) is 0 Å². The number of piperidine rings is 1. The third kappa shape index (κ3) is 2.79. The minimum absolute atomic E-state index is 0.110. The zero-order valence-corrected chi connectivity index (χ0v) is 10.5. The number of hydrogen-bond donors (Lipinski definition) is 0. The Morgan fingerprint density at radius 1 is 1.39 bits per heavy atom. The van der Waals surface area contributed by atoms with Gasteiger partial charge in [0.25, 0.3) is 5.69 Å². The van der Waals surface area contributed by atoms with Crippen molar-refractivity contribution in [3.63, 3.8) is 0 Å². The van der Waals surface area contributed by atoms with Crippen molar-refractivity contribution in [2.45, 2.75) is 25.8 Å². The highest BCUT2D eigenvalue weighted by Gasteiger charge is 2.19. The summed E-state index contributed by atoms with van der Waals surface area (Å²) >= 11 is 5.74. The first kappa shape index (κ1) is 12.8. The quantitative estimate of drug-likeness (QED) is 0.625. The van der Waals surface area contributed by atoms with Crippen LogP contribution in [0.5, 0.6) is 0 Å². The number of halogens is 1. The van der Waals surface area contributed by atoms with Gasteiger partial charge in [-0.15, -0.1) is 0 Å². The monoisotopic (exact) mass is 268 g/mol. The fraction of sp³-hybridized carbons (Fsp3) is 0.417. The minimum Gasteiger partial charge on any atom is -0.338 e. The van der Waals surface area contributed by atoms with Gasteiger partial charge >= 0.3 is 0 Å². The fourth-order valence-corrected chi connectivity index (χ4v) is 2.23. The van der Waals surface area contributed by atoms with Crippen LogP contribution in [-0.2, 0) is 11.3 Å². The second kappa shape index (κ2) is 5.35. The molecule has 2 rings (SSSR count). The van der Waals surface area contributed by atoms with E-state index >= 15 is 0 Å². The van der Waals surface area contributed by atoms with Crippen molar-refractivity contribution >= 4 is 23.2 Å². The molecule has 1 aromatic rings. The molecule has 18 heavy (non-hydrogen) atoms. The van der Waals surface area contributed by atoms with E-state index in [-0.39, 0.29) is 16.6 Å². The van der Waals surface area contributed by atoms with Gasteiger partial charge in [-0.05, 0) is 24.5 Å². The van der Waals surface area contributed by atoms with Gasteiger partial charge in [0, 0.05) is 25.6 Å². The number of nitro groups is 1. The molecule has 0 aromatic heterocycles. The van der Waals surface area contributed by atoms with E-state index in [9.17, 15) is 14.9 Å². The number of likely N-dealkylation sites (tertiary alicyclic amines) is 1. The standard InChI is InChI=1S/C12H13ClN2O3/c13-10-5-4-9(7-11(10)15(17)18)8-14-6-2-1-3-12(14)16/h4-5,7H,1-3,6,8H2. The van der Waals surface area contributed by atoms with Gasteiger partial charge < -0.3 is 4.90 Å².